The normalized spacial score (nSPS) is 15.6. The average Bonchev–Trinajstić information content (AvgIpc) is 2.47. The summed E-state index contributed by atoms with van der Waals surface area (Å²) in [6, 6.07) is 6.37. The third-order valence-corrected chi connectivity index (χ3v) is 3.61. The summed E-state index contributed by atoms with van der Waals surface area (Å²) in [6.45, 7) is 1.21. The molecule has 1 heterocycles. The highest BCUT2D eigenvalue weighted by atomic mass is 16.3. The summed E-state index contributed by atoms with van der Waals surface area (Å²) < 4.78 is 0. The number of carbonyl (C=O) groups is 2. The third-order valence-electron chi connectivity index (χ3n) is 3.61. The highest BCUT2D eigenvalue weighted by molar-refractivity contribution is 5.94. The Kier molecular flexibility index (Phi) is 4.67. The standard InChI is InChI=1S/C15H21N3O3/c1-17(2)15(21)16-12-6-8-18(9-7-12)14(20)11-4-3-5-13(19)10-11/h3-5,10,12,19H,6-9H2,1-2H3,(H,16,21). The molecule has 2 N–H and O–H groups in total. The number of hydrogen-bond acceptors (Lipinski definition) is 3. The number of piperidine rings is 1. The lowest BCUT2D eigenvalue weighted by Gasteiger charge is -2.33. The fraction of sp³-hybridized carbons (Fsp3) is 0.467. The van der Waals surface area contributed by atoms with Crippen LogP contribution in [-0.4, -0.2) is 60.1 Å². The van der Waals surface area contributed by atoms with Crippen molar-refractivity contribution in [3.63, 3.8) is 0 Å². The van der Waals surface area contributed by atoms with E-state index >= 15 is 0 Å². The maximum Gasteiger partial charge on any atom is 0.317 e. The molecule has 1 aliphatic heterocycles. The van der Waals surface area contributed by atoms with Crippen LogP contribution in [0.25, 0.3) is 0 Å². The maximum absolute atomic E-state index is 12.3. The van der Waals surface area contributed by atoms with E-state index < -0.39 is 0 Å². The Labute approximate surface area is 124 Å². The predicted molar refractivity (Wildman–Crippen MR) is 79.3 cm³/mol. The molecular formula is C15H21N3O3. The molecule has 0 radical (unpaired) electrons. The van der Waals surface area contributed by atoms with Crippen LogP contribution in [-0.2, 0) is 0 Å². The van der Waals surface area contributed by atoms with Gasteiger partial charge in [-0.3, -0.25) is 4.79 Å². The molecule has 0 saturated carbocycles. The highest BCUT2D eigenvalue weighted by Crippen LogP contribution is 2.17. The molecule has 2 rings (SSSR count). The first-order chi connectivity index (χ1) is 9.97. The molecule has 0 aromatic heterocycles. The molecule has 0 atom stereocenters. The molecule has 1 fully saturated rings. The molecule has 0 unspecified atom stereocenters. The van der Waals surface area contributed by atoms with Crippen molar-refractivity contribution in [2.75, 3.05) is 27.2 Å². The Morgan fingerprint density at radius 3 is 2.52 bits per heavy atom. The van der Waals surface area contributed by atoms with Gasteiger partial charge in [-0.1, -0.05) is 6.07 Å². The van der Waals surface area contributed by atoms with Gasteiger partial charge in [-0.25, -0.2) is 4.79 Å². The largest absolute Gasteiger partial charge is 0.508 e. The fourth-order valence-electron chi connectivity index (χ4n) is 2.35. The van der Waals surface area contributed by atoms with Gasteiger partial charge in [0.25, 0.3) is 5.91 Å². The van der Waals surface area contributed by atoms with Gasteiger partial charge in [0.05, 0.1) is 0 Å². The van der Waals surface area contributed by atoms with Crippen LogP contribution < -0.4 is 5.32 Å². The fourth-order valence-corrected chi connectivity index (χ4v) is 2.35. The van der Waals surface area contributed by atoms with Crippen LogP contribution >= 0.6 is 0 Å². The summed E-state index contributed by atoms with van der Waals surface area (Å²) >= 11 is 0. The van der Waals surface area contributed by atoms with Crippen LogP contribution in [0, 0.1) is 0 Å². The van der Waals surface area contributed by atoms with Gasteiger partial charge in [-0.2, -0.15) is 0 Å². The average molecular weight is 291 g/mol. The van der Waals surface area contributed by atoms with E-state index in [2.05, 4.69) is 5.32 Å². The summed E-state index contributed by atoms with van der Waals surface area (Å²) in [5.74, 6) is 0.0114. The molecule has 21 heavy (non-hydrogen) atoms. The van der Waals surface area contributed by atoms with Crippen LogP contribution in [0.2, 0.25) is 0 Å². The minimum absolute atomic E-state index is 0.0803. The number of rotatable bonds is 2. The van der Waals surface area contributed by atoms with Gasteiger partial charge >= 0.3 is 6.03 Å². The molecule has 1 saturated heterocycles. The second-order valence-electron chi connectivity index (χ2n) is 5.46. The number of hydrogen-bond donors (Lipinski definition) is 2. The number of phenolic OH excluding ortho intramolecular Hbond substituents is 1. The van der Waals surface area contributed by atoms with Gasteiger partial charge in [0.15, 0.2) is 0 Å². The van der Waals surface area contributed by atoms with Crippen LogP contribution in [0.1, 0.15) is 23.2 Å². The Hall–Kier alpha value is -2.24. The summed E-state index contributed by atoms with van der Waals surface area (Å²) in [7, 11) is 3.41. The smallest absolute Gasteiger partial charge is 0.317 e. The highest BCUT2D eigenvalue weighted by Gasteiger charge is 2.25. The van der Waals surface area contributed by atoms with Crippen molar-refractivity contribution in [1.29, 1.82) is 0 Å². The second kappa shape index (κ2) is 6.47. The van der Waals surface area contributed by atoms with Gasteiger partial charge in [0.1, 0.15) is 5.75 Å². The number of nitrogens with zero attached hydrogens (tertiary/aromatic N) is 2. The predicted octanol–water partition coefficient (Wildman–Crippen LogP) is 1.27. The molecule has 1 aliphatic rings. The number of aromatic hydroxyl groups is 1. The Morgan fingerprint density at radius 2 is 1.95 bits per heavy atom. The van der Waals surface area contributed by atoms with E-state index in [-0.39, 0.29) is 23.7 Å². The van der Waals surface area contributed by atoms with E-state index in [0.717, 1.165) is 12.8 Å². The molecule has 6 nitrogen and oxygen atoms in total. The van der Waals surface area contributed by atoms with Crippen molar-refractivity contribution in [1.82, 2.24) is 15.1 Å². The molecule has 114 valence electrons. The van der Waals surface area contributed by atoms with Crippen molar-refractivity contribution in [2.45, 2.75) is 18.9 Å². The number of urea groups is 1. The minimum atomic E-state index is -0.104. The third kappa shape index (κ3) is 3.87. The van der Waals surface area contributed by atoms with Crippen molar-refractivity contribution in [3.8, 4) is 5.75 Å². The molecule has 1 aromatic rings. The van der Waals surface area contributed by atoms with E-state index in [1.54, 1.807) is 37.2 Å². The summed E-state index contributed by atoms with van der Waals surface area (Å²) in [6.07, 6.45) is 1.48. The number of benzene rings is 1. The monoisotopic (exact) mass is 291 g/mol. The number of likely N-dealkylation sites (tertiary alicyclic amines) is 1. The quantitative estimate of drug-likeness (QED) is 0.862. The molecule has 0 bridgehead atoms. The lowest BCUT2D eigenvalue weighted by molar-refractivity contribution is 0.0706. The zero-order valence-electron chi connectivity index (χ0n) is 12.4. The Balaban J connectivity index is 1.89. The number of carbonyl (C=O) groups excluding carboxylic acids is 2. The van der Waals surface area contributed by atoms with Crippen molar-refractivity contribution >= 4 is 11.9 Å². The van der Waals surface area contributed by atoms with Gasteiger partial charge in [0, 0.05) is 38.8 Å². The van der Waals surface area contributed by atoms with Crippen molar-refractivity contribution < 1.29 is 14.7 Å². The Bertz CT molecular complexity index is 523. The zero-order valence-corrected chi connectivity index (χ0v) is 12.4. The molecule has 0 spiro atoms. The number of phenols is 1. The van der Waals surface area contributed by atoms with E-state index in [4.69, 9.17) is 0 Å². The molecule has 1 aromatic carbocycles. The minimum Gasteiger partial charge on any atom is -0.508 e. The first-order valence-electron chi connectivity index (χ1n) is 7.03. The van der Waals surface area contributed by atoms with Gasteiger partial charge in [-0.15, -0.1) is 0 Å². The SMILES string of the molecule is CN(C)C(=O)NC1CCN(C(=O)c2cccc(O)c2)CC1. The van der Waals surface area contributed by atoms with Crippen molar-refractivity contribution in [2.24, 2.45) is 0 Å². The summed E-state index contributed by atoms with van der Waals surface area (Å²) in [5, 5.41) is 12.4. The van der Waals surface area contributed by atoms with Crippen LogP contribution in [0.4, 0.5) is 4.79 Å². The lowest BCUT2D eigenvalue weighted by Crippen LogP contribution is -2.48. The van der Waals surface area contributed by atoms with E-state index in [9.17, 15) is 14.7 Å². The van der Waals surface area contributed by atoms with Crippen molar-refractivity contribution in [3.05, 3.63) is 29.8 Å². The van der Waals surface area contributed by atoms with Crippen LogP contribution in [0.5, 0.6) is 5.75 Å². The Morgan fingerprint density at radius 1 is 1.29 bits per heavy atom. The van der Waals surface area contributed by atoms with Gasteiger partial charge in [-0.05, 0) is 31.0 Å². The molecule has 6 heteroatoms. The summed E-state index contributed by atoms with van der Waals surface area (Å²) in [4.78, 5) is 27.2. The number of nitrogens with one attached hydrogen (secondary N) is 1. The maximum atomic E-state index is 12.3. The molecule has 0 aliphatic carbocycles. The summed E-state index contributed by atoms with van der Waals surface area (Å²) in [5.41, 5.74) is 0.491. The second-order valence-corrected chi connectivity index (χ2v) is 5.46. The molecule has 3 amide bonds. The van der Waals surface area contributed by atoms with Gasteiger partial charge in [0.2, 0.25) is 0 Å². The first kappa shape index (κ1) is 15.2. The lowest BCUT2D eigenvalue weighted by atomic mass is 10.0. The molecular weight excluding hydrogens is 270 g/mol. The van der Waals surface area contributed by atoms with Crippen LogP contribution in [0.15, 0.2) is 24.3 Å². The first-order valence-corrected chi connectivity index (χ1v) is 7.03. The van der Waals surface area contributed by atoms with E-state index in [1.807, 2.05) is 0 Å². The zero-order chi connectivity index (χ0) is 15.4. The van der Waals surface area contributed by atoms with E-state index in [0.29, 0.717) is 18.7 Å². The van der Waals surface area contributed by atoms with E-state index in [1.165, 1.54) is 11.0 Å². The topological polar surface area (TPSA) is 72.9 Å². The number of amides is 3. The van der Waals surface area contributed by atoms with Crippen LogP contribution in [0.3, 0.4) is 0 Å². The van der Waals surface area contributed by atoms with Gasteiger partial charge < -0.3 is 20.2 Å².